The summed E-state index contributed by atoms with van der Waals surface area (Å²) in [6, 6.07) is 8.74. The number of nitrogens with one attached hydrogen (secondary N) is 1. The summed E-state index contributed by atoms with van der Waals surface area (Å²) in [7, 11) is -2.58. The van der Waals surface area contributed by atoms with Crippen LogP contribution in [0.1, 0.15) is 0 Å². The fraction of sp³-hybridized carbons (Fsp3) is 0.222. The van der Waals surface area contributed by atoms with Gasteiger partial charge in [-0.1, -0.05) is 18.2 Å². The Morgan fingerprint density at radius 1 is 1.38 bits per heavy atom. The van der Waals surface area contributed by atoms with Gasteiger partial charge in [0, 0.05) is 12.7 Å². The minimum atomic E-state index is -3.82. The van der Waals surface area contributed by atoms with Gasteiger partial charge in [0.15, 0.2) is 0 Å². The second-order valence-corrected chi connectivity index (χ2v) is 4.87. The van der Waals surface area contributed by atoms with Crippen LogP contribution in [-0.2, 0) is 15.0 Å². The molecular weight excluding hydrogens is 230 g/mol. The minimum Gasteiger partial charge on any atom is -0.325 e. The second kappa shape index (κ2) is 5.06. The first kappa shape index (κ1) is 12.6. The van der Waals surface area contributed by atoms with Gasteiger partial charge in [0.2, 0.25) is 5.91 Å². The lowest BCUT2D eigenvalue weighted by Gasteiger charge is -2.13. The Hall–Kier alpha value is -1.44. The van der Waals surface area contributed by atoms with Crippen molar-refractivity contribution in [2.75, 3.05) is 18.9 Å². The van der Waals surface area contributed by atoms with Crippen LogP contribution in [0, 0.1) is 0 Å². The molecule has 0 unspecified atom stereocenters. The third kappa shape index (κ3) is 3.97. The molecule has 6 nitrogen and oxygen atoms in total. The summed E-state index contributed by atoms with van der Waals surface area (Å²) in [5, 5.41) is 7.38. The molecule has 3 N–H and O–H groups in total. The Bertz CT molecular complexity index is 458. The van der Waals surface area contributed by atoms with E-state index in [9.17, 15) is 13.2 Å². The van der Waals surface area contributed by atoms with Gasteiger partial charge >= 0.3 is 0 Å². The number of rotatable bonds is 4. The zero-order valence-corrected chi connectivity index (χ0v) is 9.57. The van der Waals surface area contributed by atoms with E-state index >= 15 is 0 Å². The molecule has 0 saturated carbocycles. The number of nitrogens with two attached hydrogens (primary N) is 1. The van der Waals surface area contributed by atoms with Crippen LogP contribution in [0.15, 0.2) is 30.3 Å². The molecule has 0 spiro atoms. The van der Waals surface area contributed by atoms with Crippen molar-refractivity contribution >= 4 is 21.8 Å². The Morgan fingerprint density at radius 2 is 1.94 bits per heavy atom. The Labute approximate surface area is 94.2 Å². The van der Waals surface area contributed by atoms with Gasteiger partial charge in [-0.15, -0.1) is 0 Å². The third-order valence-corrected chi connectivity index (χ3v) is 2.86. The van der Waals surface area contributed by atoms with Gasteiger partial charge in [0.25, 0.3) is 10.2 Å². The van der Waals surface area contributed by atoms with E-state index in [0.717, 1.165) is 4.31 Å². The number of benzene rings is 1. The van der Waals surface area contributed by atoms with Gasteiger partial charge in [-0.05, 0) is 12.1 Å². The lowest BCUT2D eigenvalue weighted by atomic mass is 10.3. The van der Waals surface area contributed by atoms with Crippen LogP contribution in [0.4, 0.5) is 5.69 Å². The van der Waals surface area contributed by atoms with Gasteiger partial charge < -0.3 is 5.32 Å². The number of anilines is 1. The normalized spacial score (nSPS) is 11.4. The van der Waals surface area contributed by atoms with E-state index in [1.54, 1.807) is 24.3 Å². The Balaban J connectivity index is 2.56. The number of para-hydroxylation sites is 1. The van der Waals surface area contributed by atoms with Crippen LogP contribution < -0.4 is 10.5 Å². The average Bonchev–Trinajstić information content (AvgIpc) is 2.17. The van der Waals surface area contributed by atoms with Crippen LogP contribution in [-0.4, -0.2) is 32.2 Å². The summed E-state index contributed by atoms with van der Waals surface area (Å²) >= 11 is 0. The van der Waals surface area contributed by atoms with E-state index in [-0.39, 0.29) is 6.54 Å². The maximum atomic E-state index is 11.4. The molecule has 0 aliphatic carbocycles. The number of amides is 1. The summed E-state index contributed by atoms with van der Waals surface area (Å²) < 4.78 is 22.5. The van der Waals surface area contributed by atoms with Crippen LogP contribution in [0.2, 0.25) is 0 Å². The smallest absolute Gasteiger partial charge is 0.277 e. The molecule has 0 bridgehead atoms. The summed E-state index contributed by atoms with van der Waals surface area (Å²) in [6.45, 7) is -0.312. The van der Waals surface area contributed by atoms with Crippen molar-refractivity contribution in [3.8, 4) is 0 Å². The maximum Gasteiger partial charge on any atom is 0.277 e. The molecule has 0 radical (unpaired) electrons. The van der Waals surface area contributed by atoms with E-state index in [0.29, 0.717) is 5.69 Å². The lowest BCUT2D eigenvalue weighted by Crippen LogP contribution is -2.38. The number of hydrogen-bond acceptors (Lipinski definition) is 3. The first-order chi connectivity index (χ1) is 7.39. The van der Waals surface area contributed by atoms with E-state index in [2.05, 4.69) is 5.32 Å². The first-order valence-electron chi connectivity index (χ1n) is 4.48. The second-order valence-electron chi connectivity index (χ2n) is 3.22. The number of hydrogen-bond donors (Lipinski definition) is 2. The topological polar surface area (TPSA) is 92.5 Å². The van der Waals surface area contributed by atoms with E-state index in [4.69, 9.17) is 5.14 Å². The number of carbonyl (C=O) groups is 1. The SMILES string of the molecule is CN(CC(=O)Nc1ccccc1)S(N)(=O)=O. The highest BCUT2D eigenvalue weighted by molar-refractivity contribution is 7.86. The van der Waals surface area contributed by atoms with Crippen molar-refractivity contribution in [2.45, 2.75) is 0 Å². The summed E-state index contributed by atoms with van der Waals surface area (Å²) in [5.74, 6) is -0.442. The number of carbonyl (C=O) groups excluding carboxylic acids is 1. The predicted octanol–water partition coefficient (Wildman–Crippen LogP) is -0.240. The summed E-state index contributed by atoms with van der Waals surface area (Å²) in [5.41, 5.74) is 0.607. The van der Waals surface area contributed by atoms with E-state index in [1.165, 1.54) is 7.05 Å². The monoisotopic (exact) mass is 243 g/mol. The average molecular weight is 243 g/mol. The molecule has 1 amide bonds. The minimum absolute atomic E-state index is 0.312. The largest absolute Gasteiger partial charge is 0.325 e. The number of likely N-dealkylation sites (N-methyl/N-ethyl adjacent to an activating group) is 1. The molecule has 0 aliphatic heterocycles. The van der Waals surface area contributed by atoms with Crippen LogP contribution in [0.3, 0.4) is 0 Å². The van der Waals surface area contributed by atoms with Gasteiger partial charge in [0.05, 0.1) is 6.54 Å². The molecule has 0 aliphatic rings. The quantitative estimate of drug-likeness (QED) is 0.764. The lowest BCUT2D eigenvalue weighted by molar-refractivity contribution is -0.116. The predicted molar refractivity (Wildman–Crippen MR) is 60.8 cm³/mol. The van der Waals surface area contributed by atoms with Crippen molar-refractivity contribution in [3.05, 3.63) is 30.3 Å². The molecule has 88 valence electrons. The molecule has 0 atom stereocenters. The van der Waals surface area contributed by atoms with Crippen molar-refractivity contribution in [1.82, 2.24) is 4.31 Å². The first-order valence-corrected chi connectivity index (χ1v) is 5.99. The Morgan fingerprint density at radius 3 is 2.44 bits per heavy atom. The maximum absolute atomic E-state index is 11.4. The Kier molecular flexibility index (Phi) is 3.99. The molecule has 0 saturated heterocycles. The molecule has 1 rings (SSSR count). The molecule has 0 aromatic heterocycles. The molecule has 0 heterocycles. The summed E-state index contributed by atoms with van der Waals surface area (Å²) in [6.07, 6.45) is 0. The fourth-order valence-electron chi connectivity index (χ4n) is 1.01. The molecule has 16 heavy (non-hydrogen) atoms. The molecule has 1 aromatic rings. The molecule has 0 fully saturated rings. The van der Waals surface area contributed by atoms with Gasteiger partial charge in [0.1, 0.15) is 0 Å². The zero-order valence-electron chi connectivity index (χ0n) is 8.75. The van der Waals surface area contributed by atoms with Gasteiger partial charge in [-0.25, -0.2) is 5.14 Å². The highest BCUT2D eigenvalue weighted by Gasteiger charge is 2.15. The van der Waals surface area contributed by atoms with Crippen molar-refractivity contribution in [3.63, 3.8) is 0 Å². The summed E-state index contributed by atoms with van der Waals surface area (Å²) in [4.78, 5) is 11.4. The van der Waals surface area contributed by atoms with E-state index in [1.807, 2.05) is 6.07 Å². The molecule has 7 heteroatoms. The van der Waals surface area contributed by atoms with Gasteiger partial charge in [-0.2, -0.15) is 12.7 Å². The highest BCUT2D eigenvalue weighted by Crippen LogP contribution is 2.04. The van der Waals surface area contributed by atoms with Crippen LogP contribution >= 0.6 is 0 Å². The zero-order chi connectivity index (χ0) is 12.2. The molecular formula is C9H13N3O3S. The van der Waals surface area contributed by atoms with Crippen molar-refractivity contribution < 1.29 is 13.2 Å². The van der Waals surface area contributed by atoms with E-state index < -0.39 is 16.1 Å². The van der Waals surface area contributed by atoms with Crippen molar-refractivity contribution in [1.29, 1.82) is 0 Å². The van der Waals surface area contributed by atoms with Crippen LogP contribution in [0.25, 0.3) is 0 Å². The number of nitrogens with zero attached hydrogens (tertiary/aromatic N) is 1. The fourth-order valence-corrected chi connectivity index (χ4v) is 1.31. The van der Waals surface area contributed by atoms with Gasteiger partial charge in [-0.3, -0.25) is 4.79 Å². The highest BCUT2D eigenvalue weighted by atomic mass is 32.2. The van der Waals surface area contributed by atoms with Crippen LogP contribution in [0.5, 0.6) is 0 Å². The molecule has 1 aromatic carbocycles. The standard InChI is InChI=1S/C9H13N3O3S/c1-12(16(10,14)15)7-9(13)11-8-5-3-2-4-6-8/h2-6H,7H2,1H3,(H,11,13)(H2,10,14,15). The third-order valence-electron chi connectivity index (χ3n) is 1.86. The van der Waals surface area contributed by atoms with Crippen molar-refractivity contribution in [2.24, 2.45) is 5.14 Å².